The zero-order valence-electron chi connectivity index (χ0n) is 13.6. The lowest BCUT2D eigenvalue weighted by Crippen LogP contribution is -2.43. The Labute approximate surface area is 120 Å². The Hall–Kier alpha value is -0.0800. The van der Waals surface area contributed by atoms with Crippen LogP contribution in [0.25, 0.3) is 0 Å². The van der Waals surface area contributed by atoms with Gasteiger partial charge >= 0.3 is 0 Å². The van der Waals surface area contributed by atoms with Gasteiger partial charge in [-0.05, 0) is 75.7 Å². The van der Waals surface area contributed by atoms with Gasteiger partial charge in [-0.2, -0.15) is 0 Å². The molecule has 2 saturated heterocycles. The maximum absolute atomic E-state index is 2.74. The van der Waals surface area contributed by atoms with Gasteiger partial charge in [0.1, 0.15) is 0 Å². The van der Waals surface area contributed by atoms with E-state index in [2.05, 4.69) is 37.5 Å². The van der Waals surface area contributed by atoms with E-state index in [4.69, 9.17) is 0 Å². The smallest absolute Gasteiger partial charge is 0.00106 e. The minimum atomic E-state index is 0.512. The van der Waals surface area contributed by atoms with Crippen LogP contribution >= 0.6 is 0 Å². The molecule has 2 rings (SSSR count). The van der Waals surface area contributed by atoms with Crippen LogP contribution in [0.5, 0.6) is 0 Å². The molecule has 0 unspecified atom stereocenters. The van der Waals surface area contributed by atoms with Gasteiger partial charge in [-0.1, -0.05) is 27.7 Å². The Morgan fingerprint density at radius 1 is 0.842 bits per heavy atom. The largest absolute Gasteiger partial charge is 0.304 e. The molecule has 112 valence electrons. The van der Waals surface area contributed by atoms with E-state index in [-0.39, 0.29) is 0 Å². The van der Waals surface area contributed by atoms with Crippen molar-refractivity contribution < 1.29 is 0 Å². The Morgan fingerprint density at radius 2 is 1.37 bits per heavy atom. The predicted molar refractivity (Wildman–Crippen MR) is 83.5 cm³/mol. The summed E-state index contributed by atoms with van der Waals surface area (Å²) in [5.41, 5.74) is 0.512. The summed E-state index contributed by atoms with van der Waals surface area (Å²) in [5, 5.41) is 0. The quantitative estimate of drug-likeness (QED) is 0.772. The molecule has 0 aromatic carbocycles. The molecule has 0 N–H and O–H groups in total. The van der Waals surface area contributed by atoms with E-state index in [0.29, 0.717) is 5.41 Å². The van der Waals surface area contributed by atoms with Crippen molar-refractivity contribution >= 4 is 0 Å². The standard InChI is InChI=1S/C17H34N2/c1-5-18-10-6-15(7-11-18)14-19-12-8-16(9-13-19)17(2,3)4/h15-16H,5-14H2,1-4H3. The summed E-state index contributed by atoms with van der Waals surface area (Å²) in [7, 11) is 0. The minimum absolute atomic E-state index is 0.512. The third kappa shape index (κ3) is 4.46. The zero-order chi connectivity index (χ0) is 13.9. The SMILES string of the molecule is CCN1CCC(CN2CCC(C(C)(C)C)CC2)CC1. The highest BCUT2D eigenvalue weighted by Crippen LogP contribution is 2.34. The highest BCUT2D eigenvalue weighted by Gasteiger charge is 2.29. The Bertz CT molecular complexity index is 253. The third-order valence-electron chi connectivity index (χ3n) is 5.48. The van der Waals surface area contributed by atoms with E-state index < -0.39 is 0 Å². The number of piperidine rings is 2. The molecule has 0 aromatic heterocycles. The molecule has 0 atom stereocenters. The van der Waals surface area contributed by atoms with Crippen LogP contribution < -0.4 is 0 Å². The van der Waals surface area contributed by atoms with E-state index >= 15 is 0 Å². The van der Waals surface area contributed by atoms with E-state index in [0.717, 1.165) is 11.8 Å². The van der Waals surface area contributed by atoms with Crippen molar-refractivity contribution in [2.45, 2.75) is 53.4 Å². The highest BCUT2D eigenvalue weighted by atomic mass is 15.1. The predicted octanol–water partition coefficient (Wildman–Crippen LogP) is 3.48. The first-order chi connectivity index (χ1) is 8.99. The Kier molecular flexibility index (Phi) is 5.30. The van der Waals surface area contributed by atoms with Gasteiger partial charge in [-0.25, -0.2) is 0 Å². The van der Waals surface area contributed by atoms with Crippen molar-refractivity contribution in [1.29, 1.82) is 0 Å². The molecule has 0 amide bonds. The fraction of sp³-hybridized carbons (Fsp3) is 1.00. The summed E-state index contributed by atoms with van der Waals surface area (Å²) in [6.07, 6.45) is 5.68. The van der Waals surface area contributed by atoms with Crippen molar-refractivity contribution in [1.82, 2.24) is 9.80 Å². The van der Waals surface area contributed by atoms with Crippen LogP contribution in [-0.2, 0) is 0 Å². The maximum atomic E-state index is 2.74. The summed E-state index contributed by atoms with van der Waals surface area (Å²) in [5.74, 6) is 1.90. The molecular weight excluding hydrogens is 232 g/mol. The second-order valence-corrected chi connectivity index (χ2v) is 7.82. The van der Waals surface area contributed by atoms with Crippen molar-refractivity contribution in [3.8, 4) is 0 Å². The first-order valence-electron chi connectivity index (χ1n) is 8.43. The average Bonchev–Trinajstić information content (AvgIpc) is 2.39. The molecule has 2 heteroatoms. The van der Waals surface area contributed by atoms with Crippen molar-refractivity contribution in [3.63, 3.8) is 0 Å². The van der Waals surface area contributed by atoms with Crippen molar-refractivity contribution in [2.24, 2.45) is 17.3 Å². The molecule has 2 aliphatic rings. The average molecular weight is 266 g/mol. The second-order valence-electron chi connectivity index (χ2n) is 7.82. The van der Waals surface area contributed by atoms with Gasteiger partial charge < -0.3 is 9.80 Å². The first-order valence-corrected chi connectivity index (χ1v) is 8.43. The number of likely N-dealkylation sites (tertiary alicyclic amines) is 2. The third-order valence-corrected chi connectivity index (χ3v) is 5.48. The molecule has 0 aromatic rings. The van der Waals surface area contributed by atoms with Gasteiger partial charge in [0.25, 0.3) is 0 Å². The van der Waals surface area contributed by atoms with E-state index in [1.165, 1.54) is 65.0 Å². The summed E-state index contributed by atoms with van der Waals surface area (Å²) in [4.78, 5) is 5.34. The van der Waals surface area contributed by atoms with Crippen LogP contribution in [0.3, 0.4) is 0 Å². The Morgan fingerprint density at radius 3 is 1.84 bits per heavy atom. The second kappa shape index (κ2) is 6.58. The van der Waals surface area contributed by atoms with Crippen LogP contribution in [0.2, 0.25) is 0 Å². The van der Waals surface area contributed by atoms with E-state index in [1.807, 2.05) is 0 Å². The monoisotopic (exact) mass is 266 g/mol. The molecule has 0 bridgehead atoms. The molecular formula is C17H34N2. The normalized spacial score (nSPS) is 25.9. The molecule has 0 aliphatic carbocycles. The lowest BCUT2D eigenvalue weighted by molar-refractivity contribution is 0.0855. The lowest BCUT2D eigenvalue weighted by atomic mass is 9.75. The zero-order valence-corrected chi connectivity index (χ0v) is 13.6. The van der Waals surface area contributed by atoms with Crippen LogP contribution in [0.1, 0.15) is 53.4 Å². The van der Waals surface area contributed by atoms with Gasteiger partial charge in [-0.3, -0.25) is 0 Å². The number of hydrogen-bond acceptors (Lipinski definition) is 2. The molecule has 2 aliphatic heterocycles. The van der Waals surface area contributed by atoms with Gasteiger partial charge in [0.15, 0.2) is 0 Å². The lowest BCUT2D eigenvalue weighted by Gasteiger charge is -2.41. The fourth-order valence-electron chi connectivity index (χ4n) is 3.83. The molecule has 2 heterocycles. The molecule has 2 fully saturated rings. The first kappa shape index (κ1) is 15.3. The summed E-state index contributed by atoms with van der Waals surface area (Å²) >= 11 is 0. The summed E-state index contributed by atoms with van der Waals surface area (Å²) in [6.45, 7) is 17.5. The Balaban J connectivity index is 1.69. The molecule has 0 spiro atoms. The fourth-order valence-corrected chi connectivity index (χ4v) is 3.83. The number of nitrogens with zero attached hydrogens (tertiary/aromatic N) is 2. The van der Waals surface area contributed by atoms with Gasteiger partial charge in [-0.15, -0.1) is 0 Å². The summed E-state index contributed by atoms with van der Waals surface area (Å²) < 4.78 is 0. The van der Waals surface area contributed by atoms with Gasteiger partial charge in [0.2, 0.25) is 0 Å². The maximum Gasteiger partial charge on any atom is 0.00106 e. The van der Waals surface area contributed by atoms with Crippen LogP contribution in [0.4, 0.5) is 0 Å². The highest BCUT2D eigenvalue weighted by molar-refractivity contribution is 4.82. The van der Waals surface area contributed by atoms with Crippen LogP contribution in [0, 0.1) is 17.3 Å². The van der Waals surface area contributed by atoms with Crippen LogP contribution in [0.15, 0.2) is 0 Å². The topological polar surface area (TPSA) is 6.48 Å². The minimum Gasteiger partial charge on any atom is -0.304 e. The molecule has 19 heavy (non-hydrogen) atoms. The number of rotatable bonds is 3. The van der Waals surface area contributed by atoms with Crippen molar-refractivity contribution in [3.05, 3.63) is 0 Å². The van der Waals surface area contributed by atoms with E-state index in [9.17, 15) is 0 Å². The van der Waals surface area contributed by atoms with Gasteiger partial charge in [0.05, 0.1) is 0 Å². The number of hydrogen-bond donors (Lipinski definition) is 0. The molecule has 0 saturated carbocycles. The molecule has 2 nitrogen and oxygen atoms in total. The van der Waals surface area contributed by atoms with Gasteiger partial charge in [0, 0.05) is 6.54 Å². The summed E-state index contributed by atoms with van der Waals surface area (Å²) in [6, 6.07) is 0. The molecule has 0 radical (unpaired) electrons. The van der Waals surface area contributed by atoms with E-state index in [1.54, 1.807) is 0 Å². The van der Waals surface area contributed by atoms with Crippen molar-refractivity contribution in [2.75, 3.05) is 39.3 Å². The van der Waals surface area contributed by atoms with Crippen LogP contribution in [-0.4, -0.2) is 49.1 Å².